The number of aliphatic hydroxyl groups is 1. The fourth-order valence-electron chi connectivity index (χ4n) is 6.16. The first-order chi connectivity index (χ1) is 22.8. The number of aliphatic carboxylic acids is 1. The number of Topliss-reactive ketones (excluding diaryl/α,β-unsaturated/α-hetero) is 1. The van der Waals surface area contributed by atoms with Crippen LogP contribution in [0.4, 0.5) is 0 Å². The van der Waals surface area contributed by atoms with Crippen LogP contribution in [0.15, 0.2) is 42.0 Å². The van der Waals surface area contributed by atoms with Crippen LogP contribution in [0.2, 0.25) is 0 Å². The van der Waals surface area contributed by atoms with Crippen molar-refractivity contribution in [3.63, 3.8) is 0 Å². The third kappa shape index (κ3) is 12.7. The average molecular weight is 677 g/mol. The van der Waals surface area contributed by atoms with Crippen LogP contribution in [-0.2, 0) is 49.5 Å². The molecule has 0 spiro atoms. The molecule has 2 rings (SSSR count). The van der Waals surface area contributed by atoms with Crippen LogP contribution in [-0.4, -0.2) is 78.8 Å². The summed E-state index contributed by atoms with van der Waals surface area (Å²) in [7, 11) is 2.71. The summed E-state index contributed by atoms with van der Waals surface area (Å²) in [5.74, 6) is -4.79. The standard InChI is InChI=1S/C37H56O11/c1-7-8-9-10-14-17-29(38)22-31-28(21-35(43)44-5)20-30(23-32(39)26(2)46-24-27-15-12-11-13-16-27)48-37(31,45-6)36(3,4)25-47-34(42)19-18-33(40)41/h11-13,15-16,21,26,30-32,39H,7-10,14,17-20,22-25H2,1-6H3,(H,40,41)/b28-21+/t26-,30+,31+,32-,37-/m1/s1. The molecular formula is C37H56O11. The summed E-state index contributed by atoms with van der Waals surface area (Å²) in [5.41, 5.74) is 0.417. The van der Waals surface area contributed by atoms with Gasteiger partial charge in [0, 0.05) is 38.4 Å². The van der Waals surface area contributed by atoms with E-state index in [0.717, 1.165) is 37.7 Å². The molecule has 11 heteroatoms. The minimum Gasteiger partial charge on any atom is -0.481 e. The summed E-state index contributed by atoms with van der Waals surface area (Å²) >= 11 is 0. The van der Waals surface area contributed by atoms with Gasteiger partial charge in [-0.2, -0.15) is 0 Å². The molecule has 1 heterocycles. The highest BCUT2D eigenvalue weighted by Crippen LogP contribution is 2.51. The van der Waals surface area contributed by atoms with Gasteiger partial charge >= 0.3 is 17.9 Å². The lowest BCUT2D eigenvalue weighted by molar-refractivity contribution is -0.340. The van der Waals surface area contributed by atoms with Crippen LogP contribution in [0.3, 0.4) is 0 Å². The van der Waals surface area contributed by atoms with Crippen molar-refractivity contribution in [1.29, 1.82) is 0 Å². The van der Waals surface area contributed by atoms with Crippen molar-refractivity contribution in [3.05, 3.63) is 47.5 Å². The Kier molecular flexibility index (Phi) is 17.5. The maximum Gasteiger partial charge on any atom is 0.330 e. The lowest BCUT2D eigenvalue weighted by Gasteiger charge is -2.54. The predicted molar refractivity (Wildman–Crippen MR) is 179 cm³/mol. The largest absolute Gasteiger partial charge is 0.481 e. The number of carbonyl (C=O) groups is 4. The van der Waals surface area contributed by atoms with E-state index >= 15 is 0 Å². The number of methoxy groups -OCH3 is 2. The number of rotatable bonds is 22. The maximum atomic E-state index is 13.5. The van der Waals surface area contributed by atoms with E-state index in [1.54, 1.807) is 20.8 Å². The molecule has 1 aromatic rings. The van der Waals surface area contributed by atoms with E-state index in [2.05, 4.69) is 6.92 Å². The van der Waals surface area contributed by atoms with E-state index in [4.69, 9.17) is 28.8 Å². The molecule has 11 nitrogen and oxygen atoms in total. The first-order valence-corrected chi connectivity index (χ1v) is 17.0. The Hall–Kier alpha value is -3.12. The molecule has 5 atom stereocenters. The third-order valence-electron chi connectivity index (χ3n) is 8.99. The van der Waals surface area contributed by atoms with Gasteiger partial charge < -0.3 is 33.9 Å². The lowest BCUT2D eigenvalue weighted by atomic mass is 9.68. The number of aliphatic hydroxyl groups excluding tert-OH is 1. The molecule has 0 unspecified atom stereocenters. The number of hydrogen-bond acceptors (Lipinski definition) is 10. The van der Waals surface area contributed by atoms with Gasteiger partial charge in [0.2, 0.25) is 0 Å². The molecule has 0 amide bonds. The molecule has 0 aliphatic carbocycles. The van der Waals surface area contributed by atoms with Crippen LogP contribution in [0.1, 0.15) is 104 Å². The highest BCUT2D eigenvalue weighted by molar-refractivity contribution is 5.84. The first-order valence-electron chi connectivity index (χ1n) is 17.0. The van der Waals surface area contributed by atoms with Crippen molar-refractivity contribution in [3.8, 4) is 0 Å². The SMILES string of the molecule is CCCCCCCC(=O)C[C@H]1/C(=C/C(=O)OC)C[C@@H](C[C@@H](O)[C@@H](C)OCc2ccccc2)O[C@@]1(OC)C(C)(C)COC(=O)CCC(=O)O. The van der Waals surface area contributed by atoms with Crippen molar-refractivity contribution in [1.82, 2.24) is 0 Å². The summed E-state index contributed by atoms with van der Waals surface area (Å²) in [5, 5.41) is 20.2. The normalized spacial score (nSPS) is 21.8. The van der Waals surface area contributed by atoms with Gasteiger partial charge in [0.1, 0.15) is 12.4 Å². The van der Waals surface area contributed by atoms with Crippen LogP contribution in [0, 0.1) is 11.3 Å². The number of esters is 2. The summed E-state index contributed by atoms with van der Waals surface area (Å²) < 4.78 is 29.4. The van der Waals surface area contributed by atoms with Gasteiger partial charge in [-0.1, -0.05) is 82.4 Å². The van der Waals surface area contributed by atoms with Crippen molar-refractivity contribution < 1.29 is 53.1 Å². The average Bonchev–Trinajstić information content (AvgIpc) is 3.06. The van der Waals surface area contributed by atoms with Crippen molar-refractivity contribution in [2.45, 2.75) is 129 Å². The molecule has 1 aromatic carbocycles. The van der Waals surface area contributed by atoms with E-state index in [-0.39, 0.29) is 44.5 Å². The van der Waals surface area contributed by atoms with Crippen LogP contribution >= 0.6 is 0 Å². The number of ketones is 1. The fourth-order valence-corrected chi connectivity index (χ4v) is 6.16. The van der Waals surface area contributed by atoms with Crippen molar-refractivity contribution in [2.75, 3.05) is 20.8 Å². The Morgan fingerprint density at radius 1 is 1.04 bits per heavy atom. The molecular weight excluding hydrogens is 620 g/mol. The van der Waals surface area contributed by atoms with E-state index in [9.17, 15) is 24.3 Å². The second kappa shape index (κ2) is 20.4. The zero-order valence-corrected chi connectivity index (χ0v) is 29.5. The van der Waals surface area contributed by atoms with Gasteiger partial charge in [0.15, 0.2) is 5.79 Å². The highest BCUT2D eigenvalue weighted by Gasteiger charge is 2.58. The molecule has 1 aliphatic rings. The van der Waals surface area contributed by atoms with Gasteiger partial charge in [-0.25, -0.2) is 4.79 Å². The second-order valence-electron chi connectivity index (χ2n) is 13.3. The molecule has 0 radical (unpaired) electrons. The molecule has 2 N–H and O–H groups in total. The Morgan fingerprint density at radius 2 is 1.73 bits per heavy atom. The minimum atomic E-state index is -1.59. The number of ether oxygens (including phenoxy) is 5. The molecule has 270 valence electrons. The summed E-state index contributed by atoms with van der Waals surface area (Å²) in [6, 6.07) is 9.60. The molecule has 48 heavy (non-hydrogen) atoms. The molecule has 0 aromatic heterocycles. The van der Waals surface area contributed by atoms with E-state index < -0.39 is 53.3 Å². The number of benzene rings is 1. The Balaban J connectivity index is 2.41. The summed E-state index contributed by atoms with van der Waals surface area (Å²) in [4.78, 5) is 49.6. The van der Waals surface area contributed by atoms with Crippen LogP contribution in [0.25, 0.3) is 0 Å². The van der Waals surface area contributed by atoms with Crippen molar-refractivity contribution in [2.24, 2.45) is 11.3 Å². The van der Waals surface area contributed by atoms with Crippen molar-refractivity contribution >= 4 is 23.7 Å². The Bertz CT molecular complexity index is 1190. The van der Waals surface area contributed by atoms with E-state index in [1.807, 2.05) is 30.3 Å². The minimum absolute atomic E-state index is 0.00665. The zero-order valence-electron chi connectivity index (χ0n) is 29.5. The zero-order chi connectivity index (χ0) is 35.7. The Morgan fingerprint density at radius 3 is 2.35 bits per heavy atom. The third-order valence-corrected chi connectivity index (χ3v) is 8.99. The van der Waals surface area contributed by atoms with Gasteiger partial charge in [0.25, 0.3) is 0 Å². The quantitative estimate of drug-likeness (QED) is 0.0851. The van der Waals surface area contributed by atoms with Gasteiger partial charge in [-0.3, -0.25) is 14.4 Å². The molecule has 0 bridgehead atoms. The molecule has 1 saturated heterocycles. The van der Waals surface area contributed by atoms with E-state index in [1.165, 1.54) is 20.3 Å². The number of carboxylic acids is 1. The number of hydrogen-bond donors (Lipinski definition) is 2. The Labute approximate surface area is 285 Å². The lowest BCUT2D eigenvalue weighted by Crippen LogP contribution is -2.61. The predicted octanol–water partition coefficient (Wildman–Crippen LogP) is 5.94. The molecule has 1 fully saturated rings. The second-order valence-corrected chi connectivity index (χ2v) is 13.3. The number of carboxylic acid groups (broad SMARTS) is 1. The van der Waals surface area contributed by atoms with Gasteiger partial charge in [-0.15, -0.1) is 0 Å². The molecule has 0 saturated carbocycles. The maximum absolute atomic E-state index is 13.5. The van der Waals surface area contributed by atoms with Crippen LogP contribution in [0.5, 0.6) is 0 Å². The van der Waals surface area contributed by atoms with Gasteiger partial charge in [0.05, 0.1) is 50.3 Å². The van der Waals surface area contributed by atoms with Crippen LogP contribution < -0.4 is 0 Å². The monoisotopic (exact) mass is 676 g/mol. The number of unbranched alkanes of at least 4 members (excludes halogenated alkanes) is 4. The van der Waals surface area contributed by atoms with E-state index in [0.29, 0.717) is 18.6 Å². The van der Waals surface area contributed by atoms with Gasteiger partial charge in [-0.05, 0) is 25.3 Å². The fraction of sp³-hybridized carbons (Fsp3) is 0.676. The summed E-state index contributed by atoms with van der Waals surface area (Å²) in [6.07, 6.45) is 4.09. The topological polar surface area (TPSA) is 155 Å². The number of carbonyl (C=O) groups excluding carboxylic acids is 3. The summed E-state index contributed by atoms with van der Waals surface area (Å²) in [6.45, 7) is 7.52. The highest BCUT2D eigenvalue weighted by atomic mass is 16.7. The first kappa shape index (κ1) is 41.1. The molecule has 1 aliphatic heterocycles. The smallest absolute Gasteiger partial charge is 0.330 e.